The Bertz CT molecular complexity index is 1590. The van der Waals surface area contributed by atoms with Crippen LogP contribution in [0.5, 0.6) is 0 Å². The van der Waals surface area contributed by atoms with Crippen LogP contribution < -0.4 is 5.56 Å². The highest BCUT2D eigenvalue weighted by Gasteiger charge is 2.37. The maximum atomic E-state index is 12.7. The summed E-state index contributed by atoms with van der Waals surface area (Å²) in [6, 6.07) is 21.5. The first-order chi connectivity index (χ1) is 16.3. The summed E-state index contributed by atoms with van der Waals surface area (Å²) in [4.78, 5) is 12.7. The summed E-state index contributed by atoms with van der Waals surface area (Å²) in [7, 11) is 3.45. The standard InChI is InChI=1S/C26H20Cl2N4O2/c1-31-23-11-8-18(13-22(23)21(14-25(31)33)16-4-3-5-20(28)12-16)26(34,24-15-29-30-32(24)2)17-6-9-19(27)10-7-17/h3-15,34H,1-2H3/t26-/m1/s1. The molecule has 5 rings (SSSR count). The molecule has 34 heavy (non-hydrogen) atoms. The molecule has 0 spiro atoms. The molecule has 0 fully saturated rings. The van der Waals surface area contributed by atoms with Crippen molar-refractivity contribution in [2.75, 3.05) is 0 Å². The third-order valence-electron chi connectivity index (χ3n) is 6.15. The molecule has 0 saturated heterocycles. The van der Waals surface area contributed by atoms with Crippen LogP contribution in [0, 0.1) is 0 Å². The average molecular weight is 491 g/mol. The summed E-state index contributed by atoms with van der Waals surface area (Å²) in [6.07, 6.45) is 1.54. The molecular weight excluding hydrogens is 471 g/mol. The van der Waals surface area contributed by atoms with Crippen LogP contribution in [0.1, 0.15) is 16.8 Å². The molecular formula is C26H20Cl2N4O2. The molecule has 0 bridgehead atoms. The Labute approximate surface area is 205 Å². The monoisotopic (exact) mass is 490 g/mol. The zero-order valence-corrected chi connectivity index (χ0v) is 19.9. The Hall–Kier alpha value is -3.45. The molecule has 1 atom stereocenters. The third kappa shape index (κ3) is 3.60. The van der Waals surface area contributed by atoms with Crippen LogP contribution in [0.15, 0.2) is 83.8 Å². The van der Waals surface area contributed by atoms with Crippen molar-refractivity contribution >= 4 is 34.1 Å². The lowest BCUT2D eigenvalue weighted by molar-refractivity contribution is 0.116. The maximum absolute atomic E-state index is 12.7. The Morgan fingerprint density at radius 3 is 2.29 bits per heavy atom. The van der Waals surface area contributed by atoms with Gasteiger partial charge in [0.1, 0.15) is 0 Å². The normalized spacial score (nSPS) is 13.2. The van der Waals surface area contributed by atoms with E-state index < -0.39 is 5.60 Å². The van der Waals surface area contributed by atoms with E-state index in [0.29, 0.717) is 26.9 Å². The zero-order valence-electron chi connectivity index (χ0n) is 18.4. The van der Waals surface area contributed by atoms with Crippen LogP contribution >= 0.6 is 23.2 Å². The second-order valence-corrected chi connectivity index (χ2v) is 9.03. The molecule has 0 aliphatic heterocycles. The van der Waals surface area contributed by atoms with Gasteiger partial charge in [0.15, 0.2) is 5.60 Å². The summed E-state index contributed by atoms with van der Waals surface area (Å²) in [5, 5.41) is 22.2. The second kappa shape index (κ2) is 8.40. The van der Waals surface area contributed by atoms with Gasteiger partial charge in [-0.25, -0.2) is 4.68 Å². The van der Waals surface area contributed by atoms with E-state index in [0.717, 1.165) is 22.0 Å². The Balaban J connectivity index is 1.84. The molecule has 5 aromatic rings. The maximum Gasteiger partial charge on any atom is 0.251 e. The number of aliphatic hydroxyl groups is 1. The van der Waals surface area contributed by atoms with Gasteiger partial charge >= 0.3 is 0 Å². The number of hydrogen-bond donors (Lipinski definition) is 1. The highest BCUT2D eigenvalue weighted by molar-refractivity contribution is 6.31. The van der Waals surface area contributed by atoms with Crippen LogP contribution in [0.2, 0.25) is 10.0 Å². The highest BCUT2D eigenvalue weighted by atomic mass is 35.5. The van der Waals surface area contributed by atoms with Crippen LogP contribution in [0.4, 0.5) is 0 Å². The summed E-state index contributed by atoms with van der Waals surface area (Å²) in [5.74, 6) is 0. The van der Waals surface area contributed by atoms with Crippen molar-refractivity contribution < 1.29 is 5.11 Å². The number of pyridine rings is 1. The predicted octanol–water partition coefficient (Wildman–Crippen LogP) is 4.93. The van der Waals surface area contributed by atoms with Gasteiger partial charge in [-0.15, -0.1) is 5.10 Å². The van der Waals surface area contributed by atoms with E-state index in [1.54, 1.807) is 55.1 Å². The molecule has 0 amide bonds. The molecule has 3 aromatic carbocycles. The van der Waals surface area contributed by atoms with Crippen LogP contribution in [0.25, 0.3) is 22.0 Å². The number of benzene rings is 3. The summed E-state index contributed by atoms with van der Waals surface area (Å²) in [6.45, 7) is 0. The van der Waals surface area contributed by atoms with Gasteiger partial charge in [-0.05, 0) is 58.7 Å². The molecule has 0 radical (unpaired) electrons. The van der Waals surface area contributed by atoms with Crippen molar-refractivity contribution in [1.82, 2.24) is 19.6 Å². The first-order valence-corrected chi connectivity index (χ1v) is 11.3. The van der Waals surface area contributed by atoms with Crippen LogP contribution in [-0.4, -0.2) is 24.7 Å². The highest BCUT2D eigenvalue weighted by Crippen LogP contribution is 2.39. The fourth-order valence-electron chi connectivity index (χ4n) is 4.35. The number of rotatable bonds is 4. The van der Waals surface area contributed by atoms with Crippen molar-refractivity contribution in [3.05, 3.63) is 116 Å². The van der Waals surface area contributed by atoms with Gasteiger partial charge in [0.05, 0.1) is 17.4 Å². The van der Waals surface area contributed by atoms with Gasteiger partial charge in [-0.3, -0.25) is 4.79 Å². The Morgan fingerprint density at radius 1 is 0.882 bits per heavy atom. The minimum Gasteiger partial charge on any atom is -0.374 e. The van der Waals surface area contributed by atoms with Crippen LogP contribution in [-0.2, 0) is 19.7 Å². The van der Waals surface area contributed by atoms with E-state index in [-0.39, 0.29) is 5.56 Å². The first kappa shape index (κ1) is 22.3. The Morgan fingerprint density at radius 2 is 1.62 bits per heavy atom. The summed E-state index contributed by atoms with van der Waals surface area (Å²) >= 11 is 12.4. The third-order valence-corrected chi connectivity index (χ3v) is 6.63. The van der Waals surface area contributed by atoms with Crippen molar-refractivity contribution in [2.24, 2.45) is 14.1 Å². The largest absolute Gasteiger partial charge is 0.374 e. The van der Waals surface area contributed by atoms with E-state index in [1.165, 1.54) is 10.9 Å². The van der Waals surface area contributed by atoms with Gasteiger partial charge in [0.25, 0.3) is 5.56 Å². The van der Waals surface area contributed by atoms with E-state index >= 15 is 0 Å². The zero-order chi connectivity index (χ0) is 24.0. The average Bonchev–Trinajstić information content (AvgIpc) is 3.27. The van der Waals surface area contributed by atoms with E-state index in [9.17, 15) is 9.90 Å². The fraction of sp³-hybridized carbons (Fsp3) is 0.115. The van der Waals surface area contributed by atoms with Crippen molar-refractivity contribution in [3.8, 4) is 11.1 Å². The molecule has 2 aromatic heterocycles. The SMILES string of the molecule is Cn1nncc1[C@@](O)(c1ccc(Cl)cc1)c1ccc2c(c1)c(-c1cccc(Cl)c1)cc(=O)n2C. The fourth-order valence-corrected chi connectivity index (χ4v) is 4.67. The number of nitrogens with zero attached hydrogens (tertiary/aromatic N) is 4. The Kier molecular flexibility index (Phi) is 5.52. The molecule has 0 unspecified atom stereocenters. The molecule has 170 valence electrons. The number of aryl methyl sites for hydroxylation is 2. The minimum absolute atomic E-state index is 0.140. The van der Waals surface area contributed by atoms with Gasteiger partial charge < -0.3 is 9.67 Å². The molecule has 1 N–H and O–H groups in total. The van der Waals surface area contributed by atoms with Gasteiger partial charge in [-0.1, -0.05) is 58.7 Å². The lowest BCUT2D eigenvalue weighted by Gasteiger charge is -2.29. The molecule has 0 aliphatic rings. The second-order valence-electron chi connectivity index (χ2n) is 8.16. The summed E-state index contributed by atoms with van der Waals surface area (Å²) < 4.78 is 3.12. The van der Waals surface area contributed by atoms with Crippen molar-refractivity contribution in [3.63, 3.8) is 0 Å². The predicted molar refractivity (Wildman–Crippen MR) is 134 cm³/mol. The van der Waals surface area contributed by atoms with Gasteiger partial charge in [0, 0.05) is 35.6 Å². The molecule has 8 heteroatoms. The number of halogens is 2. The van der Waals surface area contributed by atoms with Gasteiger partial charge in [0.2, 0.25) is 0 Å². The van der Waals surface area contributed by atoms with Crippen molar-refractivity contribution in [1.29, 1.82) is 0 Å². The first-order valence-electron chi connectivity index (χ1n) is 10.5. The number of fused-ring (bicyclic) bond motifs is 1. The lowest BCUT2D eigenvalue weighted by atomic mass is 9.82. The summed E-state index contributed by atoms with van der Waals surface area (Å²) in [5.41, 5.74) is 2.24. The number of aromatic nitrogens is 4. The van der Waals surface area contributed by atoms with Crippen LogP contribution in [0.3, 0.4) is 0 Å². The van der Waals surface area contributed by atoms with E-state index in [1.807, 2.05) is 36.4 Å². The van der Waals surface area contributed by atoms with Gasteiger partial charge in [-0.2, -0.15) is 0 Å². The molecule has 0 aliphatic carbocycles. The molecule has 0 saturated carbocycles. The van der Waals surface area contributed by atoms with E-state index in [2.05, 4.69) is 10.3 Å². The smallest absolute Gasteiger partial charge is 0.251 e. The molecule has 2 heterocycles. The quantitative estimate of drug-likeness (QED) is 0.387. The van der Waals surface area contributed by atoms with Crippen molar-refractivity contribution in [2.45, 2.75) is 5.60 Å². The number of hydrogen-bond acceptors (Lipinski definition) is 4. The molecule has 6 nitrogen and oxygen atoms in total. The lowest BCUT2D eigenvalue weighted by Crippen LogP contribution is -2.31. The topological polar surface area (TPSA) is 72.9 Å². The van der Waals surface area contributed by atoms with E-state index in [4.69, 9.17) is 23.2 Å². The minimum atomic E-state index is -1.57.